The Morgan fingerprint density at radius 1 is 1.62 bits per heavy atom. The third-order valence-electron chi connectivity index (χ3n) is 0.723. The van der Waals surface area contributed by atoms with Crippen LogP contribution in [0, 0.1) is 0 Å². The summed E-state index contributed by atoms with van der Waals surface area (Å²) in [5.41, 5.74) is 0. The Bertz CT molecular complexity index is 61.5. The van der Waals surface area contributed by atoms with Gasteiger partial charge in [-0.25, -0.2) is 0 Å². The van der Waals surface area contributed by atoms with Gasteiger partial charge in [-0.15, -0.1) is 0 Å². The van der Waals surface area contributed by atoms with Gasteiger partial charge in [-0.3, -0.25) is 4.99 Å². The highest BCUT2D eigenvalue weighted by Crippen LogP contribution is 1.98. The van der Waals surface area contributed by atoms with Crippen LogP contribution in [0.15, 0.2) is 4.99 Å². The number of hydrogen-bond acceptors (Lipinski definition) is 2. The molecule has 0 fully saturated rings. The second-order valence-electron chi connectivity index (χ2n) is 1.52. The minimum absolute atomic E-state index is 1.07. The molecule has 0 aliphatic heterocycles. The van der Waals surface area contributed by atoms with E-state index in [4.69, 9.17) is 0 Å². The van der Waals surface area contributed by atoms with Crippen LogP contribution in [-0.4, -0.2) is 24.8 Å². The molecule has 0 heterocycles. The van der Waals surface area contributed by atoms with Gasteiger partial charge in [0, 0.05) is 19.0 Å². The Morgan fingerprint density at radius 2 is 2.38 bits per heavy atom. The predicted molar refractivity (Wildman–Crippen MR) is 42.0 cm³/mol. The van der Waals surface area contributed by atoms with Crippen LogP contribution in [0.5, 0.6) is 0 Å². The highest BCUT2D eigenvalue weighted by molar-refractivity contribution is 7.99. The lowest BCUT2D eigenvalue weighted by molar-refractivity contribution is 1.11. The molecule has 0 radical (unpaired) electrons. The third kappa shape index (κ3) is 6.02. The van der Waals surface area contributed by atoms with Crippen molar-refractivity contribution >= 4 is 18.0 Å². The predicted octanol–water partition coefficient (Wildman–Crippen LogP) is 1.83. The lowest BCUT2D eigenvalue weighted by Crippen LogP contribution is -1.80. The molecule has 48 valence electrons. The average molecular weight is 131 g/mol. The van der Waals surface area contributed by atoms with Gasteiger partial charge in [-0.2, -0.15) is 11.8 Å². The maximum absolute atomic E-state index is 3.86. The molecule has 1 nitrogen and oxygen atoms in total. The molecule has 0 saturated carbocycles. The molecule has 0 aromatic heterocycles. The molecule has 0 amide bonds. The van der Waals surface area contributed by atoms with Crippen LogP contribution in [0.25, 0.3) is 0 Å². The van der Waals surface area contributed by atoms with Crippen molar-refractivity contribution in [3.05, 3.63) is 0 Å². The van der Waals surface area contributed by atoms with Crippen LogP contribution in [0.2, 0.25) is 0 Å². The molecule has 0 aliphatic carbocycles. The molecule has 0 aliphatic rings. The van der Waals surface area contributed by atoms with Crippen molar-refractivity contribution in [3.63, 3.8) is 0 Å². The lowest BCUT2D eigenvalue weighted by atomic mass is 10.6. The van der Waals surface area contributed by atoms with E-state index in [0.29, 0.717) is 0 Å². The van der Waals surface area contributed by atoms with Crippen molar-refractivity contribution < 1.29 is 0 Å². The van der Waals surface area contributed by atoms with Crippen LogP contribution in [0.1, 0.15) is 13.3 Å². The minimum atomic E-state index is 1.07. The first-order valence-corrected chi connectivity index (χ1v) is 4.05. The quantitative estimate of drug-likeness (QED) is 0.419. The molecule has 0 atom stereocenters. The monoisotopic (exact) mass is 131 g/mol. The Labute approximate surface area is 55.6 Å². The van der Waals surface area contributed by atoms with E-state index in [1.54, 1.807) is 0 Å². The van der Waals surface area contributed by atoms with Gasteiger partial charge in [-0.05, 0) is 12.2 Å². The molecular formula is C6H13NS. The van der Waals surface area contributed by atoms with E-state index in [9.17, 15) is 0 Å². The summed E-state index contributed by atoms with van der Waals surface area (Å²) >= 11 is 1.93. The van der Waals surface area contributed by atoms with Crippen molar-refractivity contribution in [2.75, 3.05) is 18.6 Å². The first kappa shape index (κ1) is 8.02. The maximum Gasteiger partial charge on any atom is 0.0284 e. The zero-order valence-electron chi connectivity index (χ0n) is 5.55. The SMILES string of the molecule is CCCSC/C=N\C. The molecular weight excluding hydrogens is 118 g/mol. The highest BCUT2D eigenvalue weighted by Gasteiger charge is 1.78. The van der Waals surface area contributed by atoms with Crippen LogP contribution >= 0.6 is 11.8 Å². The van der Waals surface area contributed by atoms with Gasteiger partial charge in [0.2, 0.25) is 0 Å². The summed E-state index contributed by atoms with van der Waals surface area (Å²) in [4.78, 5) is 3.86. The topological polar surface area (TPSA) is 12.4 Å². The Morgan fingerprint density at radius 3 is 2.88 bits per heavy atom. The van der Waals surface area contributed by atoms with Gasteiger partial charge < -0.3 is 0 Å². The normalized spacial score (nSPS) is 10.8. The number of nitrogens with zero attached hydrogens (tertiary/aromatic N) is 1. The molecule has 0 saturated heterocycles. The summed E-state index contributed by atoms with van der Waals surface area (Å²) in [5.74, 6) is 2.33. The van der Waals surface area contributed by atoms with Crippen molar-refractivity contribution in [3.8, 4) is 0 Å². The van der Waals surface area contributed by atoms with Crippen LogP contribution in [0.4, 0.5) is 0 Å². The van der Waals surface area contributed by atoms with E-state index in [2.05, 4.69) is 11.9 Å². The number of rotatable bonds is 4. The minimum Gasteiger partial charge on any atom is -0.300 e. The van der Waals surface area contributed by atoms with E-state index < -0.39 is 0 Å². The number of hydrogen-bond donors (Lipinski definition) is 0. The largest absolute Gasteiger partial charge is 0.300 e. The summed E-state index contributed by atoms with van der Waals surface area (Å²) in [6.07, 6.45) is 3.21. The van der Waals surface area contributed by atoms with Gasteiger partial charge in [0.15, 0.2) is 0 Å². The first-order chi connectivity index (χ1) is 3.91. The highest BCUT2D eigenvalue weighted by atomic mass is 32.2. The third-order valence-corrected chi connectivity index (χ3v) is 1.81. The lowest BCUT2D eigenvalue weighted by Gasteiger charge is -1.89. The van der Waals surface area contributed by atoms with Gasteiger partial charge in [0.1, 0.15) is 0 Å². The molecule has 0 spiro atoms. The summed E-state index contributed by atoms with van der Waals surface area (Å²) in [7, 11) is 1.81. The summed E-state index contributed by atoms with van der Waals surface area (Å²) in [6.45, 7) is 2.19. The van der Waals surface area contributed by atoms with Crippen LogP contribution < -0.4 is 0 Å². The molecule has 0 rings (SSSR count). The average Bonchev–Trinajstić information content (AvgIpc) is 1.81. The van der Waals surface area contributed by atoms with Crippen molar-refractivity contribution in [1.29, 1.82) is 0 Å². The molecule has 8 heavy (non-hydrogen) atoms. The van der Waals surface area contributed by atoms with E-state index in [0.717, 1.165) is 5.75 Å². The fourth-order valence-electron chi connectivity index (χ4n) is 0.355. The Kier molecular flexibility index (Phi) is 7.04. The first-order valence-electron chi connectivity index (χ1n) is 2.90. The van der Waals surface area contributed by atoms with E-state index in [1.807, 2.05) is 25.0 Å². The molecule has 2 heteroatoms. The summed E-state index contributed by atoms with van der Waals surface area (Å²) in [6, 6.07) is 0. The second kappa shape index (κ2) is 7.02. The van der Waals surface area contributed by atoms with E-state index in [1.165, 1.54) is 12.2 Å². The second-order valence-corrected chi connectivity index (χ2v) is 2.67. The van der Waals surface area contributed by atoms with Crippen LogP contribution in [0.3, 0.4) is 0 Å². The fourth-order valence-corrected chi connectivity index (χ4v) is 1.06. The standard InChI is InChI=1S/C6H13NS/c1-3-5-8-6-4-7-2/h4H,3,5-6H2,1-2H3/b7-4-. The van der Waals surface area contributed by atoms with Gasteiger partial charge in [0.05, 0.1) is 0 Å². The molecule has 0 N–H and O–H groups in total. The smallest absolute Gasteiger partial charge is 0.0284 e. The van der Waals surface area contributed by atoms with Gasteiger partial charge in [0.25, 0.3) is 0 Å². The number of thioether (sulfide) groups is 1. The Hall–Kier alpha value is 0.0200. The zero-order valence-corrected chi connectivity index (χ0v) is 6.37. The summed E-state index contributed by atoms with van der Waals surface area (Å²) < 4.78 is 0. The van der Waals surface area contributed by atoms with Crippen molar-refractivity contribution in [1.82, 2.24) is 0 Å². The van der Waals surface area contributed by atoms with Crippen LogP contribution in [-0.2, 0) is 0 Å². The summed E-state index contributed by atoms with van der Waals surface area (Å²) in [5, 5.41) is 0. The van der Waals surface area contributed by atoms with Crippen molar-refractivity contribution in [2.24, 2.45) is 4.99 Å². The molecule has 0 aromatic rings. The van der Waals surface area contributed by atoms with Gasteiger partial charge in [-0.1, -0.05) is 6.92 Å². The molecule has 0 bridgehead atoms. The van der Waals surface area contributed by atoms with E-state index >= 15 is 0 Å². The fraction of sp³-hybridized carbons (Fsp3) is 0.833. The Balaban J connectivity index is 2.72. The zero-order chi connectivity index (χ0) is 6.24. The van der Waals surface area contributed by atoms with Gasteiger partial charge >= 0.3 is 0 Å². The van der Waals surface area contributed by atoms with Crippen molar-refractivity contribution in [2.45, 2.75) is 13.3 Å². The number of aliphatic imine (C=N–C) groups is 1. The molecule has 0 aromatic carbocycles. The maximum atomic E-state index is 3.86. The molecule has 0 unspecified atom stereocenters. The van der Waals surface area contributed by atoms with E-state index in [-0.39, 0.29) is 0 Å².